The molecule has 1 aromatic heterocycles. The van der Waals surface area contributed by atoms with E-state index >= 15 is 0 Å². The van der Waals surface area contributed by atoms with E-state index in [0.717, 1.165) is 34.3 Å². The second-order valence-electron chi connectivity index (χ2n) is 5.04. The van der Waals surface area contributed by atoms with E-state index in [0.29, 0.717) is 0 Å². The van der Waals surface area contributed by atoms with E-state index in [-0.39, 0.29) is 0 Å². The number of hydrogen-bond donors (Lipinski definition) is 0. The van der Waals surface area contributed by atoms with Crippen LogP contribution in [0.15, 0.2) is 70.1 Å². The van der Waals surface area contributed by atoms with E-state index < -0.39 is 0 Å². The van der Waals surface area contributed by atoms with Crippen LogP contribution in [-0.2, 0) is 0 Å². The Hall–Kier alpha value is -2.81. The molecule has 0 aliphatic heterocycles. The first kappa shape index (κ1) is 14.1. The van der Waals surface area contributed by atoms with Crippen LogP contribution in [0.25, 0.3) is 0 Å². The molecule has 3 nitrogen and oxygen atoms in total. The van der Waals surface area contributed by atoms with Gasteiger partial charge in [-0.05, 0) is 56.3 Å². The molecule has 0 saturated carbocycles. The third-order valence-corrected chi connectivity index (χ3v) is 3.25. The molecule has 3 aromatic rings. The predicted molar refractivity (Wildman–Crippen MR) is 88.4 cm³/mol. The smallest absolute Gasteiger partial charge is 0.127 e. The first-order valence-electron chi connectivity index (χ1n) is 7.15. The number of furan rings is 1. The Balaban J connectivity index is 1.70. The summed E-state index contributed by atoms with van der Waals surface area (Å²) in [5.74, 6) is 3.39. The summed E-state index contributed by atoms with van der Waals surface area (Å²) in [5, 5.41) is 0. The predicted octanol–water partition coefficient (Wildman–Crippen LogP) is 5.44. The van der Waals surface area contributed by atoms with Gasteiger partial charge in [0.05, 0.1) is 5.69 Å². The molecule has 3 heteroatoms. The fraction of sp³-hybridized carbons (Fsp3) is 0.105. The lowest BCUT2D eigenvalue weighted by Crippen LogP contribution is -1.83. The van der Waals surface area contributed by atoms with E-state index in [4.69, 9.17) is 9.15 Å². The van der Waals surface area contributed by atoms with Crippen LogP contribution in [0, 0.1) is 13.8 Å². The highest BCUT2D eigenvalue weighted by molar-refractivity contribution is 5.83. The molecule has 0 bridgehead atoms. The van der Waals surface area contributed by atoms with E-state index in [9.17, 15) is 0 Å². The fourth-order valence-electron chi connectivity index (χ4n) is 2.15. The van der Waals surface area contributed by atoms with E-state index in [1.165, 1.54) is 0 Å². The maximum atomic E-state index is 5.75. The Bertz CT molecular complexity index is 771. The topological polar surface area (TPSA) is 34.7 Å². The first-order chi connectivity index (χ1) is 10.7. The maximum Gasteiger partial charge on any atom is 0.127 e. The molecule has 0 atom stereocenters. The number of hydrogen-bond acceptors (Lipinski definition) is 3. The number of rotatable bonds is 4. The average Bonchev–Trinajstić information content (AvgIpc) is 2.85. The average molecular weight is 291 g/mol. The molecular formula is C19H17NO2. The van der Waals surface area contributed by atoms with Gasteiger partial charge in [-0.2, -0.15) is 0 Å². The molecular weight excluding hydrogens is 274 g/mol. The second-order valence-corrected chi connectivity index (χ2v) is 5.04. The van der Waals surface area contributed by atoms with Crippen molar-refractivity contribution in [1.82, 2.24) is 0 Å². The van der Waals surface area contributed by atoms with Crippen LogP contribution in [0.3, 0.4) is 0 Å². The number of aliphatic imine (C=N–C) groups is 1. The van der Waals surface area contributed by atoms with Crippen LogP contribution in [0.4, 0.5) is 5.69 Å². The number of nitrogens with zero attached hydrogens (tertiary/aromatic N) is 1. The van der Waals surface area contributed by atoms with E-state index in [1.54, 1.807) is 0 Å². The van der Waals surface area contributed by atoms with Crippen molar-refractivity contribution < 1.29 is 9.15 Å². The zero-order chi connectivity index (χ0) is 15.4. The summed E-state index contributed by atoms with van der Waals surface area (Å²) in [6.45, 7) is 3.87. The monoisotopic (exact) mass is 291 g/mol. The van der Waals surface area contributed by atoms with Gasteiger partial charge in [-0.3, -0.25) is 4.99 Å². The summed E-state index contributed by atoms with van der Waals surface area (Å²) in [6.07, 6.45) is 1.82. The SMILES string of the molecule is Cc1cc(C=Nc2ccc(Oc3ccccc3)cc2)c(C)o1. The van der Waals surface area contributed by atoms with Gasteiger partial charge in [-0.1, -0.05) is 18.2 Å². The highest BCUT2D eigenvalue weighted by Gasteiger charge is 2.01. The minimum absolute atomic E-state index is 0.792. The molecule has 22 heavy (non-hydrogen) atoms. The van der Waals surface area contributed by atoms with E-state index in [1.807, 2.05) is 80.7 Å². The van der Waals surface area contributed by atoms with Crippen molar-refractivity contribution in [3.8, 4) is 11.5 Å². The van der Waals surface area contributed by atoms with Crippen molar-refractivity contribution >= 4 is 11.9 Å². The van der Waals surface area contributed by atoms with Crippen LogP contribution < -0.4 is 4.74 Å². The van der Waals surface area contributed by atoms with Gasteiger partial charge < -0.3 is 9.15 Å². The molecule has 0 aliphatic carbocycles. The van der Waals surface area contributed by atoms with Gasteiger partial charge in [-0.25, -0.2) is 0 Å². The standard InChI is InChI=1S/C19H17NO2/c1-14-12-16(15(2)21-14)13-20-17-8-10-19(11-9-17)22-18-6-4-3-5-7-18/h3-13H,1-2H3. The Morgan fingerprint density at radius 2 is 1.59 bits per heavy atom. The number of aryl methyl sites for hydroxylation is 2. The Kier molecular flexibility index (Phi) is 4.05. The van der Waals surface area contributed by atoms with Crippen molar-refractivity contribution in [2.24, 2.45) is 4.99 Å². The second kappa shape index (κ2) is 6.31. The van der Waals surface area contributed by atoms with Gasteiger partial charge >= 0.3 is 0 Å². The highest BCUT2D eigenvalue weighted by atomic mass is 16.5. The minimum atomic E-state index is 0.792. The van der Waals surface area contributed by atoms with Crippen molar-refractivity contribution in [3.05, 3.63) is 77.7 Å². The maximum absolute atomic E-state index is 5.75. The van der Waals surface area contributed by atoms with Crippen LogP contribution in [0.5, 0.6) is 11.5 Å². The highest BCUT2D eigenvalue weighted by Crippen LogP contribution is 2.24. The molecule has 0 saturated heterocycles. The first-order valence-corrected chi connectivity index (χ1v) is 7.15. The van der Waals surface area contributed by atoms with Crippen LogP contribution in [0.1, 0.15) is 17.1 Å². The molecule has 0 unspecified atom stereocenters. The summed E-state index contributed by atoms with van der Waals surface area (Å²) < 4.78 is 11.2. The third kappa shape index (κ3) is 3.44. The Morgan fingerprint density at radius 1 is 0.909 bits per heavy atom. The largest absolute Gasteiger partial charge is 0.466 e. The van der Waals surface area contributed by atoms with Crippen LogP contribution >= 0.6 is 0 Å². The molecule has 2 aromatic carbocycles. The van der Waals surface area contributed by atoms with Crippen molar-refractivity contribution in [2.45, 2.75) is 13.8 Å². The Morgan fingerprint density at radius 3 is 2.23 bits per heavy atom. The zero-order valence-electron chi connectivity index (χ0n) is 12.6. The number of benzene rings is 2. The molecule has 0 aliphatic rings. The van der Waals surface area contributed by atoms with E-state index in [2.05, 4.69) is 4.99 Å². The molecule has 1 heterocycles. The normalized spacial score (nSPS) is 11.0. The van der Waals surface area contributed by atoms with Gasteiger partial charge in [0, 0.05) is 11.8 Å². The molecule has 3 rings (SSSR count). The third-order valence-electron chi connectivity index (χ3n) is 3.25. The molecule has 0 radical (unpaired) electrons. The van der Waals surface area contributed by atoms with Crippen molar-refractivity contribution in [2.75, 3.05) is 0 Å². The Labute approximate surface area is 129 Å². The minimum Gasteiger partial charge on any atom is -0.466 e. The van der Waals surface area contributed by atoms with Crippen molar-refractivity contribution in [1.29, 1.82) is 0 Å². The summed E-state index contributed by atoms with van der Waals surface area (Å²) >= 11 is 0. The summed E-state index contributed by atoms with van der Waals surface area (Å²) in [5.41, 5.74) is 1.88. The van der Waals surface area contributed by atoms with Gasteiger partial charge in [0.2, 0.25) is 0 Å². The summed E-state index contributed by atoms with van der Waals surface area (Å²) in [7, 11) is 0. The lowest BCUT2D eigenvalue weighted by atomic mass is 10.2. The van der Waals surface area contributed by atoms with Gasteiger partial charge in [0.25, 0.3) is 0 Å². The molecule has 0 fully saturated rings. The molecule has 0 N–H and O–H groups in total. The number of ether oxygens (including phenoxy) is 1. The van der Waals surface area contributed by atoms with Crippen molar-refractivity contribution in [3.63, 3.8) is 0 Å². The fourth-order valence-corrected chi connectivity index (χ4v) is 2.15. The summed E-state index contributed by atoms with van der Waals surface area (Å²) in [6, 6.07) is 19.4. The zero-order valence-corrected chi connectivity index (χ0v) is 12.6. The van der Waals surface area contributed by atoms with Crippen LogP contribution in [-0.4, -0.2) is 6.21 Å². The lowest BCUT2D eigenvalue weighted by Gasteiger charge is -2.05. The van der Waals surface area contributed by atoms with Crippen LogP contribution in [0.2, 0.25) is 0 Å². The van der Waals surface area contributed by atoms with Gasteiger partial charge in [0.1, 0.15) is 23.0 Å². The molecule has 0 amide bonds. The molecule has 110 valence electrons. The summed E-state index contributed by atoms with van der Waals surface area (Å²) in [4.78, 5) is 4.46. The molecule has 0 spiro atoms. The quantitative estimate of drug-likeness (QED) is 0.600. The van der Waals surface area contributed by atoms with Gasteiger partial charge in [0.15, 0.2) is 0 Å². The van der Waals surface area contributed by atoms with Gasteiger partial charge in [-0.15, -0.1) is 0 Å². The lowest BCUT2D eigenvalue weighted by molar-refractivity contribution is 0.483. The number of para-hydroxylation sites is 1.